The molecular weight excluding hydrogens is 158 g/mol. The maximum Gasteiger partial charge on any atom is 0.184 e. The van der Waals surface area contributed by atoms with E-state index < -0.39 is 0 Å². The summed E-state index contributed by atoms with van der Waals surface area (Å²) in [7, 11) is 1.88. The molecule has 0 amide bonds. The number of hydrogen-bond acceptors (Lipinski definition) is 4. The minimum Gasteiger partial charge on any atom is -0.365 e. The lowest BCUT2D eigenvalue weighted by molar-refractivity contribution is 0.982. The SMILES string of the molecule is CNc1nc2c(s1)N=CCC2. The predicted molar refractivity (Wildman–Crippen MR) is 48.1 cm³/mol. The average Bonchev–Trinajstić information content (AvgIpc) is 2.46. The van der Waals surface area contributed by atoms with Crippen LogP contribution in [0, 0.1) is 0 Å². The number of hydrogen-bond donors (Lipinski definition) is 1. The Morgan fingerprint density at radius 3 is 3.27 bits per heavy atom. The number of thiazole rings is 1. The van der Waals surface area contributed by atoms with Crippen LogP contribution in [0.1, 0.15) is 12.1 Å². The van der Waals surface area contributed by atoms with Crippen molar-refractivity contribution in [2.24, 2.45) is 4.99 Å². The standard InChI is InChI=1S/C7H9N3S/c1-8-7-10-5-3-2-4-9-6(5)11-7/h4H,2-3H2,1H3,(H,8,10). The van der Waals surface area contributed by atoms with Crippen LogP contribution in [0.4, 0.5) is 10.1 Å². The monoisotopic (exact) mass is 167 g/mol. The van der Waals surface area contributed by atoms with Crippen LogP contribution in [0.15, 0.2) is 4.99 Å². The molecule has 2 rings (SSSR count). The van der Waals surface area contributed by atoms with E-state index in [0.717, 1.165) is 28.7 Å². The van der Waals surface area contributed by atoms with Crippen LogP contribution < -0.4 is 5.32 Å². The summed E-state index contributed by atoms with van der Waals surface area (Å²) in [6, 6.07) is 0. The highest BCUT2D eigenvalue weighted by Gasteiger charge is 2.10. The van der Waals surface area contributed by atoms with Crippen molar-refractivity contribution in [3.05, 3.63) is 5.69 Å². The molecule has 1 aliphatic heterocycles. The van der Waals surface area contributed by atoms with E-state index in [9.17, 15) is 0 Å². The number of aromatic nitrogens is 1. The number of fused-ring (bicyclic) bond motifs is 1. The fourth-order valence-electron chi connectivity index (χ4n) is 1.06. The second-order valence-corrected chi connectivity index (χ2v) is 3.35. The van der Waals surface area contributed by atoms with Crippen LogP contribution in [-0.2, 0) is 6.42 Å². The van der Waals surface area contributed by atoms with Crippen LogP contribution in [-0.4, -0.2) is 18.2 Å². The number of nitrogens with zero attached hydrogens (tertiary/aromatic N) is 2. The van der Waals surface area contributed by atoms with Gasteiger partial charge in [0.25, 0.3) is 0 Å². The van der Waals surface area contributed by atoms with Crippen molar-refractivity contribution in [1.82, 2.24) is 4.98 Å². The molecule has 0 aliphatic carbocycles. The van der Waals surface area contributed by atoms with Gasteiger partial charge in [-0.15, -0.1) is 0 Å². The maximum atomic E-state index is 4.36. The Morgan fingerprint density at radius 2 is 2.55 bits per heavy atom. The molecule has 2 heterocycles. The maximum absolute atomic E-state index is 4.36. The Bertz CT molecular complexity index is 290. The molecule has 1 N–H and O–H groups in total. The van der Waals surface area contributed by atoms with Crippen molar-refractivity contribution in [2.45, 2.75) is 12.8 Å². The van der Waals surface area contributed by atoms with Gasteiger partial charge in [-0.25, -0.2) is 9.98 Å². The number of aryl methyl sites for hydroxylation is 1. The molecule has 11 heavy (non-hydrogen) atoms. The first kappa shape index (κ1) is 6.79. The Kier molecular flexibility index (Phi) is 1.62. The molecule has 1 aromatic rings. The molecule has 0 unspecified atom stereocenters. The highest BCUT2D eigenvalue weighted by atomic mass is 32.1. The summed E-state index contributed by atoms with van der Waals surface area (Å²) < 4.78 is 0. The predicted octanol–water partition coefficient (Wildman–Crippen LogP) is 1.83. The van der Waals surface area contributed by atoms with Gasteiger partial charge in [0.15, 0.2) is 5.13 Å². The third-order valence-electron chi connectivity index (χ3n) is 1.61. The van der Waals surface area contributed by atoms with Gasteiger partial charge in [0.2, 0.25) is 0 Å². The molecule has 0 saturated heterocycles. The van der Waals surface area contributed by atoms with Crippen LogP contribution >= 0.6 is 11.3 Å². The molecule has 0 fully saturated rings. The van der Waals surface area contributed by atoms with Crippen LogP contribution in [0.3, 0.4) is 0 Å². The third kappa shape index (κ3) is 1.14. The third-order valence-corrected chi connectivity index (χ3v) is 2.63. The van der Waals surface area contributed by atoms with Gasteiger partial charge < -0.3 is 5.32 Å². The topological polar surface area (TPSA) is 37.3 Å². The molecule has 0 spiro atoms. The van der Waals surface area contributed by atoms with E-state index in [-0.39, 0.29) is 0 Å². The smallest absolute Gasteiger partial charge is 0.184 e. The zero-order valence-corrected chi connectivity index (χ0v) is 7.11. The van der Waals surface area contributed by atoms with Gasteiger partial charge in [0, 0.05) is 13.3 Å². The quantitative estimate of drug-likeness (QED) is 0.693. The summed E-state index contributed by atoms with van der Waals surface area (Å²) >= 11 is 1.62. The highest BCUT2D eigenvalue weighted by molar-refractivity contribution is 7.19. The first-order valence-corrected chi connectivity index (χ1v) is 4.42. The Balaban J connectivity index is 2.42. The Labute approximate surface area is 69.2 Å². The molecule has 1 aliphatic rings. The molecule has 1 aromatic heterocycles. The lowest BCUT2D eigenvalue weighted by atomic mass is 10.2. The Hall–Kier alpha value is -0.900. The first-order chi connectivity index (χ1) is 5.40. The summed E-state index contributed by atoms with van der Waals surface area (Å²) in [5.41, 5.74) is 1.14. The lowest BCUT2D eigenvalue weighted by Crippen LogP contribution is -1.92. The van der Waals surface area contributed by atoms with E-state index in [1.165, 1.54) is 0 Å². The second-order valence-electron chi connectivity index (χ2n) is 2.37. The van der Waals surface area contributed by atoms with Crippen molar-refractivity contribution >= 4 is 27.7 Å². The summed E-state index contributed by atoms with van der Waals surface area (Å²) in [5, 5.41) is 5.05. The molecule has 3 nitrogen and oxygen atoms in total. The fraction of sp³-hybridized carbons (Fsp3) is 0.429. The van der Waals surface area contributed by atoms with Gasteiger partial charge >= 0.3 is 0 Å². The van der Waals surface area contributed by atoms with Gasteiger partial charge in [0.1, 0.15) is 5.00 Å². The van der Waals surface area contributed by atoms with Crippen LogP contribution in [0.2, 0.25) is 0 Å². The van der Waals surface area contributed by atoms with Crippen molar-refractivity contribution in [3.8, 4) is 0 Å². The first-order valence-electron chi connectivity index (χ1n) is 3.60. The molecule has 58 valence electrons. The molecule has 0 bridgehead atoms. The molecule has 0 atom stereocenters. The van der Waals surface area contributed by atoms with Gasteiger partial charge in [-0.3, -0.25) is 0 Å². The van der Waals surface area contributed by atoms with E-state index >= 15 is 0 Å². The van der Waals surface area contributed by atoms with Crippen molar-refractivity contribution in [3.63, 3.8) is 0 Å². The number of aliphatic imine (C=N–C) groups is 1. The molecule has 0 saturated carbocycles. The van der Waals surface area contributed by atoms with Crippen LogP contribution in [0.25, 0.3) is 0 Å². The molecular formula is C7H9N3S. The minimum absolute atomic E-state index is 0.967. The molecule has 0 aromatic carbocycles. The van der Waals surface area contributed by atoms with Gasteiger partial charge in [-0.05, 0) is 12.8 Å². The summed E-state index contributed by atoms with van der Waals surface area (Å²) in [6.45, 7) is 0. The summed E-state index contributed by atoms with van der Waals surface area (Å²) in [6.07, 6.45) is 4.02. The van der Waals surface area contributed by atoms with Crippen molar-refractivity contribution < 1.29 is 0 Å². The van der Waals surface area contributed by atoms with E-state index in [4.69, 9.17) is 0 Å². The highest BCUT2D eigenvalue weighted by Crippen LogP contribution is 2.33. The van der Waals surface area contributed by atoms with E-state index in [1.54, 1.807) is 11.3 Å². The van der Waals surface area contributed by atoms with Crippen LogP contribution in [0.5, 0.6) is 0 Å². The normalized spacial score (nSPS) is 14.6. The number of rotatable bonds is 1. The van der Waals surface area contributed by atoms with Gasteiger partial charge in [0.05, 0.1) is 5.69 Å². The number of nitrogens with one attached hydrogen (secondary N) is 1. The minimum atomic E-state index is 0.967. The van der Waals surface area contributed by atoms with E-state index in [0.29, 0.717) is 0 Å². The molecule has 0 radical (unpaired) electrons. The van der Waals surface area contributed by atoms with Crippen molar-refractivity contribution in [1.29, 1.82) is 0 Å². The largest absolute Gasteiger partial charge is 0.365 e. The molecule has 4 heteroatoms. The zero-order valence-electron chi connectivity index (χ0n) is 6.29. The lowest BCUT2D eigenvalue weighted by Gasteiger charge is -1.98. The second kappa shape index (κ2) is 2.62. The van der Waals surface area contributed by atoms with Gasteiger partial charge in [-0.1, -0.05) is 11.3 Å². The fourth-order valence-corrected chi connectivity index (χ4v) is 1.90. The number of anilines is 1. The summed E-state index contributed by atoms with van der Waals surface area (Å²) in [4.78, 5) is 8.62. The summed E-state index contributed by atoms with van der Waals surface area (Å²) in [5.74, 6) is 0. The van der Waals surface area contributed by atoms with Crippen molar-refractivity contribution in [2.75, 3.05) is 12.4 Å². The Morgan fingerprint density at radius 1 is 1.64 bits per heavy atom. The van der Waals surface area contributed by atoms with E-state index in [1.807, 2.05) is 13.3 Å². The van der Waals surface area contributed by atoms with Gasteiger partial charge in [-0.2, -0.15) is 0 Å². The zero-order chi connectivity index (χ0) is 7.68. The van der Waals surface area contributed by atoms with E-state index in [2.05, 4.69) is 15.3 Å². The average molecular weight is 167 g/mol.